The summed E-state index contributed by atoms with van der Waals surface area (Å²) >= 11 is 0. The van der Waals surface area contributed by atoms with Crippen molar-refractivity contribution in [2.45, 2.75) is 26.7 Å². The van der Waals surface area contributed by atoms with Crippen LogP contribution in [0.3, 0.4) is 0 Å². The van der Waals surface area contributed by atoms with E-state index in [-0.39, 0.29) is 60.1 Å². The van der Waals surface area contributed by atoms with Crippen LogP contribution in [0.4, 0.5) is 11.4 Å². The molecule has 2 aliphatic heterocycles. The Morgan fingerprint density at radius 2 is 1.51 bits per heavy atom. The molecule has 0 radical (unpaired) electrons. The molecule has 2 heterocycles. The van der Waals surface area contributed by atoms with Gasteiger partial charge in [-0.1, -0.05) is 24.3 Å². The van der Waals surface area contributed by atoms with E-state index in [0.29, 0.717) is 17.5 Å². The van der Waals surface area contributed by atoms with E-state index in [9.17, 15) is 19.2 Å². The number of carbonyl (C=O) groups excluding carboxylic acids is 4. The van der Waals surface area contributed by atoms with Crippen LogP contribution in [0.25, 0.3) is 0 Å². The van der Waals surface area contributed by atoms with Gasteiger partial charge in [0.2, 0.25) is 17.7 Å². The quantitative estimate of drug-likeness (QED) is 0.278. The first kappa shape index (κ1) is 22.5. The maximum atomic E-state index is 13.4. The Hall–Kier alpha value is -3.74. The average Bonchev–Trinajstić information content (AvgIpc) is 3.53. The molecule has 6 aliphatic rings. The molecule has 4 fully saturated rings. The molecular weight excluding hydrogens is 468 g/mol. The van der Waals surface area contributed by atoms with Crippen LogP contribution in [-0.4, -0.2) is 30.2 Å². The third kappa shape index (κ3) is 3.40. The van der Waals surface area contributed by atoms with Crippen molar-refractivity contribution >= 4 is 35.1 Å². The Balaban J connectivity index is 1.08. The molecule has 7 atom stereocenters. The van der Waals surface area contributed by atoms with E-state index in [1.807, 2.05) is 32.0 Å². The second-order valence-corrected chi connectivity index (χ2v) is 11.3. The number of anilines is 2. The SMILES string of the molecule is Cc1cc(C)cc(N2C[C@H](C(=O)Oc3cccc(N4C(=O)[C@@H]5[C@@H]6C=C[C@H]([C@H]7C[C@H]67)[C@@H]5C4=O)c3)CC2=O)c1. The van der Waals surface area contributed by atoms with E-state index >= 15 is 0 Å². The van der Waals surface area contributed by atoms with Gasteiger partial charge in [-0.05, 0) is 79.3 Å². The van der Waals surface area contributed by atoms with Gasteiger partial charge in [-0.3, -0.25) is 19.2 Å². The molecule has 7 heteroatoms. The molecule has 7 nitrogen and oxygen atoms in total. The molecule has 2 saturated heterocycles. The Morgan fingerprint density at radius 1 is 0.865 bits per heavy atom. The first-order valence-electron chi connectivity index (χ1n) is 13.1. The Kier molecular flexibility index (Phi) is 4.78. The molecule has 8 rings (SSSR count). The largest absolute Gasteiger partial charge is 0.426 e. The van der Waals surface area contributed by atoms with Crippen molar-refractivity contribution in [3.05, 3.63) is 65.7 Å². The average molecular weight is 497 g/mol. The number of imide groups is 1. The highest BCUT2D eigenvalue weighted by molar-refractivity contribution is 6.22. The molecule has 0 spiro atoms. The monoisotopic (exact) mass is 496 g/mol. The van der Waals surface area contributed by atoms with E-state index in [2.05, 4.69) is 12.2 Å². The predicted molar refractivity (Wildman–Crippen MR) is 136 cm³/mol. The number of carbonyl (C=O) groups is 4. The smallest absolute Gasteiger partial charge is 0.316 e. The van der Waals surface area contributed by atoms with Gasteiger partial charge >= 0.3 is 5.97 Å². The lowest BCUT2D eigenvalue weighted by Crippen LogP contribution is -2.40. The number of rotatable bonds is 4. The highest BCUT2D eigenvalue weighted by atomic mass is 16.5. The van der Waals surface area contributed by atoms with E-state index < -0.39 is 11.9 Å². The second-order valence-electron chi connectivity index (χ2n) is 11.3. The van der Waals surface area contributed by atoms with E-state index in [0.717, 1.165) is 23.2 Å². The van der Waals surface area contributed by atoms with Crippen molar-refractivity contribution in [1.82, 2.24) is 0 Å². The highest BCUT2D eigenvalue weighted by Gasteiger charge is 2.67. The minimum atomic E-state index is -0.594. The summed E-state index contributed by atoms with van der Waals surface area (Å²) in [6, 6.07) is 12.5. The van der Waals surface area contributed by atoms with Crippen LogP contribution in [0, 0.1) is 55.3 Å². The van der Waals surface area contributed by atoms with Gasteiger partial charge in [-0.15, -0.1) is 0 Å². The molecule has 2 aromatic carbocycles. The highest BCUT2D eigenvalue weighted by Crippen LogP contribution is 2.65. The number of ether oxygens (including phenoxy) is 1. The second kappa shape index (κ2) is 7.88. The molecular formula is C30H28N2O5. The van der Waals surface area contributed by atoms with Crippen LogP contribution >= 0.6 is 0 Å². The summed E-state index contributed by atoms with van der Waals surface area (Å²) < 4.78 is 5.67. The number of esters is 1. The number of nitrogens with zero attached hydrogens (tertiary/aromatic N) is 2. The minimum absolute atomic E-state index is 0.0794. The summed E-state index contributed by atoms with van der Waals surface area (Å²) in [5.41, 5.74) is 3.32. The van der Waals surface area contributed by atoms with Crippen molar-refractivity contribution in [3.63, 3.8) is 0 Å². The van der Waals surface area contributed by atoms with Gasteiger partial charge in [0.05, 0.1) is 23.4 Å². The number of allylic oxidation sites excluding steroid dienone is 2. The molecule has 0 unspecified atom stereocenters. The van der Waals surface area contributed by atoms with Gasteiger partial charge < -0.3 is 9.64 Å². The number of hydrogen-bond acceptors (Lipinski definition) is 5. The Labute approximate surface area is 215 Å². The first-order valence-corrected chi connectivity index (χ1v) is 13.1. The van der Waals surface area contributed by atoms with Gasteiger partial charge in [0.1, 0.15) is 5.75 Å². The number of aryl methyl sites for hydroxylation is 2. The summed E-state index contributed by atoms with van der Waals surface area (Å²) in [6.45, 7) is 4.21. The number of benzene rings is 2. The number of amides is 3. The normalized spacial score (nSPS) is 33.1. The molecule has 2 aromatic rings. The van der Waals surface area contributed by atoms with Gasteiger partial charge in [-0.2, -0.15) is 0 Å². The van der Waals surface area contributed by atoms with Crippen molar-refractivity contribution in [1.29, 1.82) is 0 Å². The van der Waals surface area contributed by atoms with Crippen LogP contribution in [0.15, 0.2) is 54.6 Å². The van der Waals surface area contributed by atoms with Gasteiger partial charge in [0, 0.05) is 24.7 Å². The zero-order valence-electron chi connectivity index (χ0n) is 20.8. The van der Waals surface area contributed by atoms with Crippen LogP contribution < -0.4 is 14.5 Å². The fourth-order valence-corrected chi connectivity index (χ4v) is 7.32. The van der Waals surface area contributed by atoms with Crippen molar-refractivity contribution in [3.8, 4) is 5.75 Å². The van der Waals surface area contributed by atoms with Crippen LogP contribution in [0.2, 0.25) is 0 Å². The third-order valence-corrected chi connectivity index (χ3v) is 8.93. The molecule has 188 valence electrons. The van der Waals surface area contributed by atoms with Crippen molar-refractivity contribution in [2.75, 3.05) is 16.3 Å². The topological polar surface area (TPSA) is 84.0 Å². The fraction of sp³-hybridized carbons (Fsp3) is 0.400. The lowest BCUT2D eigenvalue weighted by Gasteiger charge is -2.37. The van der Waals surface area contributed by atoms with Gasteiger partial charge in [0.25, 0.3) is 0 Å². The molecule has 0 aromatic heterocycles. The predicted octanol–water partition coefficient (Wildman–Crippen LogP) is 3.82. The number of hydrogen-bond donors (Lipinski definition) is 0. The molecule has 0 N–H and O–H groups in total. The summed E-state index contributed by atoms with van der Waals surface area (Å²) in [5, 5.41) is 0. The van der Waals surface area contributed by atoms with E-state index in [1.54, 1.807) is 29.2 Å². The lowest BCUT2D eigenvalue weighted by molar-refractivity contribution is -0.139. The summed E-state index contributed by atoms with van der Waals surface area (Å²) in [6.07, 6.45) is 5.50. The summed E-state index contributed by atoms with van der Waals surface area (Å²) in [7, 11) is 0. The van der Waals surface area contributed by atoms with Crippen LogP contribution in [0.5, 0.6) is 5.75 Å². The maximum Gasteiger partial charge on any atom is 0.316 e. The third-order valence-electron chi connectivity index (χ3n) is 8.93. The zero-order chi connectivity index (χ0) is 25.6. The Morgan fingerprint density at radius 3 is 2.16 bits per heavy atom. The van der Waals surface area contributed by atoms with E-state index in [1.165, 1.54) is 4.90 Å². The van der Waals surface area contributed by atoms with Gasteiger partial charge in [-0.25, -0.2) is 4.90 Å². The van der Waals surface area contributed by atoms with Crippen LogP contribution in [0.1, 0.15) is 24.0 Å². The fourth-order valence-electron chi connectivity index (χ4n) is 7.32. The molecule has 37 heavy (non-hydrogen) atoms. The first-order chi connectivity index (χ1) is 17.8. The standard InChI is InChI=1S/C30H28N2O5/c1-15-8-16(2)10-19(9-15)31-14-17(11-25(31)33)30(36)37-20-5-3-4-18(12-20)32-28(34)26-21-6-7-22(24-13-23(21)24)27(26)29(32)35/h3-10,12,17,21-24,26-27H,11,13-14H2,1-2H3/t17-,21-,22-,23-,24-,26-,27+/m1/s1. The van der Waals surface area contributed by atoms with Crippen molar-refractivity contribution < 1.29 is 23.9 Å². The molecule has 4 aliphatic carbocycles. The lowest BCUT2D eigenvalue weighted by atomic mass is 9.63. The Bertz CT molecular complexity index is 1360. The molecule has 3 amide bonds. The summed E-state index contributed by atoms with van der Waals surface area (Å²) in [5.74, 6) is -0.396. The maximum absolute atomic E-state index is 13.4. The van der Waals surface area contributed by atoms with Crippen LogP contribution in [-0.2, 0) is 19.2 Å². The van der Waals surface area contributed by atoms with Gasteiger partial charge in [0.15, 0.2) is 0 Å². The minimum Gasteiger partial charge on any atom is -0.426 e. The zero-order valence-corrected chi connectivity index (χ0v) is 20.8. The molecule has 2 bridgehead atoms. The van der Waals surface area contributed by atoms with E-state index in [4.69, 9.17) is 4.74 Å². The molecule has 2 saturated carbocycles. The summed E-state index contributed by atoms with van der Waals surface area (Å²) in [4.78, 5) is 55.5. The van der Waals surface area contributed by atoms with Crippen molar-refractivity contribution in [2.24, 2.45) is 41.4 Å².